The molecule has 9 rings (SSSR count). The largest absolute Gasteiger partial charge is 0.494 e. The zero-order chi connectivity index (χ0) is 79.7. The molecule has 6 atom stereocenters. The second kappa shape index (κ2) is 51.1. The minimum absolute atomic E-state index is 0. The number of aliphatic carboxylic acids is 1. The van der Waals surface area contributed by atoms with Gasteiger partial charge in [0.2, 0.25) is 5.91 Å². The number of rotatable bonds is 16. The van der Waals surface area contributed by atoms with Crippen LogP contribution in [0.4, 0.5) is 35.9 Å². The number of ether oxygens (including phenoxy) is 3. The van der Waals surface area contributed by atoms with E-state index >= 15 is 0 Å². The van der Waals surface area contributed by atoms with Crippen LogP contribution in [0.3, 0.4) is 0 Å². The number of piperidine rings is 3. The molecule has 0 aliphatic carbocycles. The minimum atomic E-state index is -10.7. The van der Waals surface area contributed by atoms with E-state index in [1.165, 1.54) is 73.0 Å². The van der Waals surface area contributed by atoms with E-state index in [4.69, 9.17) is 19.3 Å². The van der Waals surface area contributed by atoms with Crippen molar-refractivity contribution in [3.05, 3.63) is 46.3 Å². The van der Waals surface area contributed by atoms with E-state index in [9.17, 15) is 77.0 Å². The number of amides is 2. The van der Waals surface area contributed by atoms with Gasteiger partial charge in [-0.2, -0.15) is 0 Å². The fourth-order valence-electron chi connectivity index (χ4n) is 11.7. The van der Waals surface area contributed by atoms with Crippen LogP contribution in [-0.2, 0) is 48.3 Å². The molecule has 0 bridgehead atoms. The van der Waals surface area contributed by atoms with Crippen LogP contribution < -0.4 is 11.1 Å². The molecule has 1 aromatic carbocycles. The Morgan fingerprint density at radius 2 is 1.12 bits per heavy atom. The molecule has 7 saturated heterocycles. The van der Waals surface area contributed by atoms with Gasteiger partial charge in [0.25, 0.3) is 6.33 Å². The Bertz CT molecular complexity index is 2990. The van der Waals surface area contributed by atoms with Gasteiger partial charge in [-0.15, -0.1) is 41.7 Å². The topological polar surface area (TPSA) is 336 Å². The number of carboxylic acid groups (broad SMARTS) is 1. The van der Waals surface area contributed by atoms with Crippen molar-refractivity contribution in [2.45, 2.75) is 207 Å². The smallest absolute Gasteiger partial charge is 0.390 e. The predicted molar refractivity (Wildman–Crippen MR) is 423 cm³/mol. The molecule has 0 spiro atoms. The second-order valence-electron chi connectivity index (χ2n) is 25.4. The van der Waals surface area contributed by atoms with E-state index in [0.29, 0.717) is 63.6 Å². The Labute approximate surface area is 640 Å². The third-order valence-electron chi connectivity index (χ3n) is 16.6. The number of nitro groups is 1. The molecule has 3 unspecified atom stereocenters. The van der Waals surface area contributed by atoms with Gasteiger partial charge in [0, 0.05) is 107 Å². The number of nitrogens with one attached hydrogen (secondary N) is 1. The third-order valence-corrected chi connectivity index (χ3v) is 21.7. The Hall–Kier alpha value is -3.55. The van der Waals surface area contributed by atoms with Crippen LogP contribution in [-0.4, -0.2) is 222 Å². The molecule has 7 fully saturated rings. The van der Waals surface area contributed by atoms with E-state index in [0.717, 1.165) is 96.4 Å². The number of benzene rings is 1. The standard InChI is InChI=1S/C19H31NO5.C14H25N7O2P.C11H19NO4.C8H15NO.C7H8O3S.CH5N.3CH3PS.CH4.F6P/c1-4-15-12-17(13(3)24-15)25-19(23)7-6-18(22)20-10-8-14(9-11-20)16(21)5-2;22-21(23)14-15-13-20(16-14)24(17-7-1-2-8-17,18-9-3-4-10-18)19-11-5-6-12-19;1-11(2,3)16-10(15)12-6-4-8(5-7-12)9(13)14;1-2-8(10)7-3-5-9-6-4-7;1-6-2-4-7(5-3-6)11(8,9)10;1-2;3*2-1-3;;1-7(2,3,4,5)6/h13-15,17H,4-12H2,1-3H3;13H,1-12H2;8H,4-7H2,1-3H3,(H,13,14);7,9H,2-6H2,1H3;2-5H,1H3,(H,8,9,10);2H2,1H3;3*1H,2H2;1H4;/q;+1;;;;;;;;;-1/p-1/t13-,15+,17-;;;;;;;;;;/m0........../s1. The molecule has 26 nitrogen and oxygen atoms in total. The SMILES string of the molecule is C.CC(C)(C)OC(=O)N1CCC(C(=O)O)CC1.CCC(=O)C1CCN(C(=O)CCC(=O)O[C@H]2C[C@@H](CC)O[C@H]2C)CC1.CCC(=O)C1CCNCC1.CN.Cc1ccc(S(=O)(=O)[O-])cc1.F[P-](F)(F)(F)(F)F.O=[N+]([O-])c1ncn([P+](N2CCCC2)(N2CCCC2)N2CCCC2)n1.PC=S.PC=S.PC=S. The summed E-state index contributed by atoms with van der Waals surface area (Å²) in [6.45, 7) is 25.6. The maximum Gasteiger partial charge on any atom is 0.494 e. The van der Waals surface area contributed by atoms with Gasteiger partial charge < -0.3 is 54.8 Å². The maximum atomic E-state index is 12.3. The first-order chi connectivity index (χ1) is 48.5. The summed E-state index contributed by atoms with van der Waals surface area (Å²) in [5, 5.41) is 32.0. The van der Waals surface area contributed by atoms with Gasteiger partial charge >= 0.3 is 64.8 Å². The van der Waals surface area contributed by atoms with Gasteiger partial charge in [-0.1, -0.05) is 82.5 Å². The number of halogens is 6. The van der Waals surface area contributed by atoms with Crippen LogP contribution in [0.25, 0.3) is 0 Å². The number of likely N-dealkylation sites (tertiary alicyclic amines) is 2. The number of Topliss-reactive ketones (excluding diaryl/α,β-unsaturated/α-hetero) is 2. The number of nitrogens with zero attached hydrogens (tertiary/aromatic N) is 9. The summed E-state index contributed by atoms with van der Waals surface area (Å²) in [6.07, 6.45) is 16.1. The summed E-state index contributed by atoms with van der Waals surface area (Å²) in [4.78, 5) is 87.3. The normalized spacial score (nSPS) is 20.0. The zero-order valence-corrected chi connectivity index (χ0v) is 69.6. The maximum absolute atomic E-state index is 12.3. The van der Waals surface area contributed by atoms with Crippen molar-refractivity contribution in [3.8, 4) is 0 Å². The Morgan fingerprint density at radius 1 is 0.733 bits per heavy atom. The minimum Gasteiger partial charge on any atom is -0.390 e. The van der Waals surface area contributed by atoms with Crippen molar-refractivity contribution in [2.75, 3.05) is 85.6 Å². The number of carboxylic acids is 1. The third kappa shape index (κ3) is 43.0. The van der Waals surface area contributed by atoms with Crippen LogP contribution >= 0.6 is 80.0 Å². The van der Waals surface area contributed by atoms with Gasteiger partial charge in [0.05, 0.1) is 34.5 Å². The van der Waals surface area contributed by atoms with Crippen molar-refractivity contribution >= 4 is 147 Å². The summed E-state index contributed by atoms with van der Waals surface area (Å²) in [6, 6.07) is 5.78. The van der Waals surface area contributed by atoms with Gasteiger partial charge in [0.1, 0.15) is 33.4 Å². The van der Waals surface area contributed by atoms with E-state index in [-0.39, 0.29) is 85.0 Å². The number of aromatic nitrogens is 3. The second-order valence-corrected chi connectivity index (χ2v) is 35.2. The number of thiocarbonyl (C=S) groups is 3. The first kappa shape index (κ1) is 104. The molecule has 2 amide bonds. The van der Waals surface area contributed by atoms with Crippen molar-refractivity contribution in [3.63, 3.8) is 0 Å². The average Bonchev–Trinajstić information content (AvgIpc) is 1.62. The summed E-state index contributed by atoms with van der Waals surface area (Å²) in [5.74, 6) is -0.543. The Balaban J connectivity index is 0. The quantitative estimate of drug-likeness (QED) is 0.0267. The van der Waals surface area contributed by atoms with Crippen LogP contribution in [0, 0.1) is 34.8 Å². The number of carbonyl (C=O) groups excluding carboxylic acids is 5. The molecule has 105 heavy (non-hydrogen) atoms. The van der Waals surface area contributed by atoms with Crippen molar-refractivity contribution in [1.29, 1.82) is 0 Å². The monoisotopic (exact) mass is 1670 g/mol. The number of hydrogen-bond acceptors (Lipinski definition) is 24. The summed E-state index contributed by atoms with van der Waals surface area (Å²) >= 11 is 12.7. The molecule has 1 aromatic heterocycles. The Kier molecular flexibility index (Phi) is 50.4. The molecular formula is C64H115F6N11O15P5S4-. The van der Waals surface area contributed by atoms with Gasteiger partial charge in [-0.3, -0.25) is 24.0 Å². The van der Waals surface area contributed by atoms with Crippen LogP contribution in [0.1, 0.15) is 177 Å². The molecule has 0 saturated carbocycles. The van der Waals surface area contributed by atoms with Gasteiger partial charge in [0.15, 0.2) is 0 Å². The van der Waals surface area contributed by atoms with Crippen LogP contribution in [0.5, 0.6) is 0 Å². The summed E-state index contributed by atoms with van der Waals surface area (Å²) < 4.78 is 116. The van der Waals surface area contributed by atoms with Crippen LogP contribution in [0.15, 0.2) is 35.5 Å². The van der Waals surface area contributed by atoms with Gasteiger partial charge in [-0.25, -0.2) is 13.2 Å². The molecular weight excluding hydrogens is 1560 g/mol. The molecule has 608 valence electrons. The molecule has 4 N–H and O–H groups in total. The summed E-state index contributed by atoms with van der Waals surface area (Å²) in [7, 11) is -8.69. The zero-order valence-electron chi connectivity index (χ0n) is 61.1. The molecule has 41 heteroatoms. The number of nitrogens with two attached hydrogens (primary N) is 1. The number of ketones is 2. The Morgan fingerprint density at radius 3 is 1.47 bits per heavy atom. The molecule has 7 aliphatic heterocycles. The fourth-order valence-corrected chi connectivity index (χ4v) is 16.9. The van der Waals surface area contributed by atoms with Crippen molar-refractivity contribution in [1.82, 2.24) is 43.7 Å². The van der Waals surface area contributed by atoms with E-state index in [1.807, 2.05) is 52.9 Å². The first-order valence-corrected chi connectivity index (χ1v) is 42.9. The molecule has 2 aromatic rings. The van der Waals surface area contributed by atoms with Crippen LogP contribution in [0.2, 0.25) is 0 Å². The number of carbonyl (C=O) groups is 6. The molecule has 7 aliphatic rings. The first-order valence-electron chi connectivity index (χ1n) is 34.4. The van der Waals surface area contributed by atoms with E-state index < -0.39 is 42.3 Å². The number of aryl methyl sites for hydroxylation is 1. The fraction of sp³-hybridized carbons (Fsp3) is 0.734. The number of esters is 1. The molecule has 8 heterocycles. The van der Waals surface area contributed by atoms with Crippen molar-refractivity contribution in [2.24, 2.45) is 23.5 Å². The molecule has 0 radical (unpaired) electrons. The van der Waals surface area contributed by atoms with Crippen molar-refractivity contribution < 1.29 is 91.2 Å². The number of hydrogen-bond donors (Lipinski definition) is 3. The van der Waals surface area contributed by atoms with E-state index in [2.05, 4.69) is 106 Å². The predicted octanol–water partition coefficient (Wildman–Crippen LogP) is 14.1. The summed E-state index contributed by atoms with van der Waals surface area (Å²) in [5.41, 5.74) is 4.93. The van der Waals surface area contributed by atoms with E-state index in [1.54, 1.807) is 28.3 Å². The average molecular weight is 1680 g/mol. The van der Waals surface area contributed by atoms with Gasteiger partial charge in [-0.05, 0) is 176 Å².